The number of thiol groups is 1. The topological polar surface area (TPSA) is 13.1 Å². The zero-order valence-corrected chi connectivity index (χ0v) is 8.90. The van der Waals surface area contributed by atoms with Crippen molar-refractivity contribution in [2.75, 3.05) is 0 Å². The fourth-order valence-electron chi connectivity index (χ4n) is 1.36. The van der Waals surface area contributed by atoms with Gasteiger partial charge in [0, 0.05) is 5.56 Å². The van der Waals surface area contributed by atoms with Crippen LogP contribution in [-0.4, -0.2) is 0 Å². The van der Waals surface area contributed by atoms with Gasteiger partial charge in [-0.3, -0.25) is 0 Å². The normalized spacial score (nSPS) is 11.8. The molecule has 0 radical (unpaired) electrons. The number of rotatable bonds is 3. The zero-order valence-electron chi connectivity index (χ0n) is 8.00. The first-order chi connectivity index (χ1) is 6.24. The smallest absolute Gasteiger partial charge is 0.134 e. The molecule has 0 spiro atoms. The van der Waals surface area contributed by atoms with E-state index in [1.165, 1.54) is 5.57 Å². The van der Waals surface area contributed by atoms with Gasteiger partial charge in [-0.05, 0) is 25.0 Å². The van der Waals surface area contributed by atoms with Crippen LogP contribution in [0, 0.1) is 0 Å². The highest BCUT2D eigenvalue weighted by Gasteiger charge is 2.11. The van der Waals surface area contributed by atoms with E-state index >= 15 is 0 Å². The summed E-state index contributed by atoms with van der Waals surface area (Å²) in [6.45, 7) is 7.83. The van der Waals surface area contributed by atoms with Gasteiger partial charge < -0.3 is 4.42 Å². The summed E-state index contributed by atoms with van der Waals surface area (Å²) in [4.78, 5) is 0.879. The van der Waals surface area contributed by atoms with Gasteiger partial charge in [-0.25, -0.2) is 0 Å². The molecule has 1 aromatic rings. The molecule has 0 aliphatic heterocycles. The van der Waals surface area contributed by atoms with Crippen molar-refractivity contribution < 1.29 is 4.42 Å². The van der Waals surface area contributed by atoms with Gasteiger partial charge in [-0.15, -0.1) is 12.6 Å². The van der Waals surface area contributed by atoms with Crippen molar-refractivity contribution in [3.8, 4) is 0 Å². The number of furan rings is 1. The lowest BCUT2D eigenvalue weighted by atomic mass is 10.0. The third-order valence-electron chi connectivity index (χ3n) is 2.04. The lowest BCUT2D eigenvalue weighted by molar-refractivity contribution is 0.551. The summed E-state index contributed by atoms with van der Waals surface area (Å²) >= 11 is 4.34. The van der Waals surface area contributed by atoms with E-state index in [0.29, 0.717) is 0 Å². The average Bonchev–Trinajstić information content (AvgIpc) is 2.51. The van der Waals surface area contributed by atoms with E-state index in [9.17, 15) is 0 Å². The highest BCUT2D eigenvalue weighted by atomic mass is 32.1. The second-order valence-corrected chi connectivity index (χ2v) is 3.21. The van der Waals surface area contributed by atoms with E-state index in [1.807, 2.05) is 6.92 Å². The van der Waals surface area contributed by atoms with Gasteiger partial charge in [0.05, 0.1) is 4.90 Å². The number of hydrogen-bond acceptors (Lipinski definition) is 2. The summed E-state index contributed by atoms with van der Waals surface area (Å²) in [5.41, 5.74) is 2.32. The first-order valence-electron chi connectivity index (χ1n) is 4.33. The molecule has 1 nitrogen and oxygen atoms in total. The molecular weight excluding hydrogens is 180 g/mol. The van der Waals surface area contributed by atoms with Crippen LogP contribution in [0.3, 0.4) is 0 Å². The van der Waals surface area contributed by atoms with Gasteiger partial charge in [-0.2, -0.15) is 0 Å². The average molecular weight is 194 g/mol. The molecule has 0 aliphatic carbocycles. The number of hydrogen-bond donors (Lipinski definition) is 1. The predicted molar refractivity (Wildman–Crippen MR) is 60.0 cm³/mol. The SMILES string of the molecule is C=Cc1occ(S)c1/C(=C\C)CC. The van der Waals surface area contributed by atoms with E-state index in [4.69, 9.17) is 4.42 Å². The molecular formula is C11H14OS. The van der Waals surface area contributed by atoms with Crippen molar-refractivity contribution >= 4 is 24.3 Å². The molecule has 0 unspecified atom stereocenters. The highest BCUT2D eigenvalue weighted by Crippen LogP contribution is 2.30. The summed E-state index contributed by atoms with van der Waals surface area (Å²) in [6, 6.07) is 0. The molecule has 0 aromatic carbocycles. The maximum atomic E-state index is 5.29. The molecule has 0 atom stereocenters. The Balaban J connectivity index is 3.24. The maximum Gasteiger partial charge on any atom is 0.134 e. The number of allylic oxidation sites excluding steroid dienone is 2. The summed E-state index contributed by atoms with van der Waals surface area (Å²) < 4.78 is 5.29. The molecule has 0 saturated carbocycles. The van der Waals surface area contributed by atoms with Crippen LogP contribution in [0.4, 0.5) is 0 Å². The van der Waals surface area contributed by atoms with Gasteiger partial charge in [-0.1, -0.05) is 19.6 Å². The second kappa shape index (κ2) is 4.38. The lowest BCUT2D eigenvalue weighted by Gasteiger charge is -2.02. The maximum absolute atomic E-state index is 5.29. The molecule has 0 bridgehead atoms. The van der Waals surface area contributed by atoms with Crippen LogP contribution in [0.1, 0.15) is 31.6 Å². The standard InChI is InChI=1S/C11H14OS/c1-4-8(5-2)11-9(6-3)12-7-10(11)13/h4,6-7,13H,3,5H2,1-2H3/b8-4-. The van der Waals surface area contributed by atoms with Crippen molar-refractivity contribution in [1.29, 1.82) is 0 Å². The Hall–Kier alpha value is -0.890. The minimum atomic E-state index is 0.806. The Bertz CT molecular complexity index is 334. The third-order valence-corrected chi connectivity index (χ3v) is 2.36. The minimum absolute atomic E-state index is 0.806. The van der Waals surface area contributed by atoms with Crippen molar-refractivity contribution in [2.24, 2.45) is 0 Å². The lowest BCUT2D eigenvalue weighted by Crippen LogP contribution is -1.83. The monoisotopic (exact) mass is 194 g/mol. The molecule has 1 aromatic heterocycles. The first-order valence-corrected chi connectivity index (χ1v) is 4.77. The largest absolute Gasteiger partial charge is 0.463 e. The van der Waals surface area contributed by atoms with Gasteiger partial charge in [0.2, 0.25) is 0 Å². The summed E-state index contributed by atoms with van der Waals surface area (Å²) in [6.07, 6.45) is 6.42. The Morgan fingerprint density at radius 2 is 2.38 bits per heavy atom. The molecule has 0 fully saturated rings. The second-order valence-electron chi connectivity index (χ2n) is 2.73. The molecule has 0 amide bonds. The van der Waals surface area contributed by atoms with E-state index in [1.54, 1.807) is 12.3 Å². The Kier molecular flexibility index (Phi) is 3.43. The predicted octanol–water partition coefficient (Wildman–Crippen LogP) is 4.02. The molecule has 1 heterocycles. The van der Waals surface area contributed by atoms with Crippen LogP contribution in [-0.2, 0) is 0 Å². The molecule has 0 saturated heterocycles. The van der Waals surface area contributed by atoms with Crippen LogP contribution in [0.2, 0.25) is 0 Å². The summed E-state index contributed by atoms with van der Waals surface area (Å²) in [7, 11) is 0. The van der Waals surface area contributed by atoms with Crippen molar-refractivity contribution in [3.05, 3.63) is 30.2 Å². The Morgan fingerprint density at radius 3 is 2.85 bits per heavy atom. The third kappa shape index (κ3) is 1.89. The first kappa shape index (κ1) is 10.2. The minimum Gasteiger partial charge on any atom is -0.463 e. The fraction of sp³-hybridized carbons (Fsp3) is 0.273. The zero-order chi connectivity index (χ0) is 9.84. The van der Waals surface area contributed by atoms with Gasteiger partial charge in [0.15, 0.2) is 0 Å². The molecule has 0 N–H and O–H groups in total. The summed E-state index contributed by atoms with van der Waals surface area (Å²) in [5, 5.41) is 0. The quantitative estimate of drug-likeness (QED) is 0.717. The molecule has 0 aliphatic rings. The highest BCUT2D eigenvalue weighted by molar-refractivity contribution is 7.80. The molecule has 70 valence electrons. The van der Waals surface area contributed by atoms with Crippen LogP contribution < -0.4 is 0 Å². The molecule has 1 rings (SSSR count). The van der Waals surface area contributed by atoms with Crippen molar-refractivity contribution in [2.45, 2.75) is 25.2 Å². The van der Waals surface area contributed by atoms with Crippen molar-refractivity contribution in [3.63, 3.8) is 0 Å². The molecule has 2 heteroatoms. The Labute approximate surface area is 84.6 Å². The van der Waals surface area contributed by atoms with Crippen LogP contribution in [0.5, 0.6) is 0 Å². The fourth-order valence-corrected chi connectivity index (χ4v) is 1.67. The summed E-state index contributed by atoms with van der Waals surface area (Å²) in [5.74, 6) is 0.806. The van der Waals surface area contributed by atoms with Crippen molar-refractivity contribution in [1.82, 2.24) is 0 Å². The van der Waals surface area contributed by atoms with E-state index in [2.05, 4.69) is 32.2 Å². The Morgan fingerprint density at radius 1 is 1.69 bits per heavy atom. The van der Waals surface area contributed by atoms with E-state index < -0.39 is 0 Å². The van der Waals surface area contributed by atoms with Crippen LogP contribution in [0.25, 0.3) is 11.6 Å². The van der Waals surface area contributed by atoms with Crippen LogP contribution >= 0.6 is 12.6 Å². The van der Waals surface area contributed by atoms with E-state index in [0.717, 1.165) is 22.6 Å². The van der Waals surface area contributed by atoms with Crippen LogP contribution in [0.15, 0.2) is 28.2 Å². The van der Waals surface area contributed by atoms with E-state index in [-0.39, 0.29) is 0 Å². The molecule has 13 heavy (non-hydrogen) atoms. The van der Waals surface area contributed by atoms with Gasteiger partial charge >= 0.3 is 0 Å². The van der Waals surface area contributed by atoms with Gasteiger partial charge in [0.25, 0.3) is 0 Å². The van der Waals surface area contributed by atoms with Gasteiger partial charge in [0.1, 0.15) is 12.0 Å².